The van der Waals surface area contributed by atoms with Gasteiger partial charge in [0.15, 0.2) is 0 Å². The largest absolute Gasteiger partial charge is 0.324 e. The Morgan fingerprint density at radius 2 is 2.05 bits per heavy atom. The van der Waals surface area contributed by atoms with E-state index in [4.69, 9.17) is 0 Å². The van der Waals surface area contributed by atoms with E-state index in [9.17, 15) is 4.79 Å². The second-order valence-electron chi connectivity index (χ2n) is 4.45. The van der Waals surface area contributed by atoms with Crippen LogP contribution in [0.25, 0.3) is 5.69 Å². The minimum absolute atomic E-state index is 0.178. The smallest absolute Gasteiger partial charge is 0.257 e. The van der Waals surface area contributed by atoms with Crippen molar-refractivity contribution in [2.24, 2.45) is 0 Å². The van der Waals surface area contributed by atoms with Gasteiger partial charge in [-0.3, -0.25) is 10.1 Å². The molecule has 2 heterocycles. The highest BCUT2D eigenvalue weighted by Gasteiger charge is 2.10. The number of benzene rings is 1. The van der Waals surface area contributed by atoms with Crippen molar-refractivity contribution in [2.45, 2.75) is 13.3 Å². The van der Waals surface area contributed by atoms with E-state index in [1.807, 2.05) is 54.2 Å². The van der Waals surface area contributed by atoms with Crippen LogP contribution in [0.15, 0.2) is 48.8 Å². The Morgan fingerprint density at radius 1 is 1.24 bits per heavy atom. The summed E-state index contributed by atoms with van der Waals surface area (Å²) < 4.78 is 1.96. The molecule has 0 spiro atoms. The molecule has 1 aromatic carbocycles. The summed E-state index contributed by atoms with van der Waals surface area (Å²) in [5, 5.41) is 12.2. The summed E-state index contributed by atoms with van der Waals surface area (Å²) in [6.45, 7) is 2.01. The van der Waals surface area contributed by atoms with Gasteiger partial charge in [-0.2, -0.15) is 0 Å². The lowest BCUT2D eigenvalue weighted by atomic mass is 10.2. The Bertz CT molecular complexity index is 749. The van der Waals surface area contributed by atoms with Crippen LogP contribution < -0.4 is 5.32 Å². The van der Waals surface area contributed by atoms with Gasteiger partial charge in [-0.15, -0.1) is 10.2 Å². The molecule has 3 rings (SSSR count). The summed E-state index contributed by atoms with van der Waals surface area (Å²) >= 11 is 1.40. The predicted octanol–water partition coefficient (Wildman–Crippen LogP) is 3.14. The summed E-state index contributed by atoms with van der Waals surface area (Å²) in [5.74, 6) is -0.178. The van der Waals surface area contributed by atoms with E-state index < -0.39 is 0 Å². The molecular weight excluding hydrogens is 284 g/mol. The molecule has 21 heavy (non-hydrogen) atoms. The third-order valence-electron chi connectivity index (χ3n) is 3.00. The Hall–Kier alpha value is -2.47. The third-order valence-corrected chi connectivity index (χ3v) is 3.98. The Kier molecular flexibility index (Phi) is 3.79. The molecule has 0 bridgehead atoms. The summed E-state index contributed by atoms with van der Waals surface area (Å²) in [5.41, 5.74) is 1.54. The maximum absolute atomic E-state index is 12.3. The van der Waals surface area contributed by atoms with Crippen LogP contribution >= 0.6 is 11.3 Å². The molecule has 0 radical (unpaired) electrons. The van der Waals surface area contributed by atoms with Crippen molar-refractivity contribution in [1.82, 2.24) is 14.8 Å². The number of nitrogens with zero attached hydrogens (tertiary/aromatic N) is 3. The van der Waals surface area contributed by atoms with Gasteiger partial charge in [0.1, 0.15) is 5.01 Å². The number of anilines is 1. The van der Waals surface area contributed by atoms with Crippen molar-refractivity contribution in [1.29, 1.82) is 0 Å². The van der Waals surface area contributed by atoms with Crippen LogP contribution in [-0.2, 0) is 6.42 Å². The van der Waals surface area contributed by atoms with Crippen LogP contribution in [0.4, 0.5) is 5.13 Å². The fourth-order valence-electron chi connectivity index (χ4n) is 1.93. The number of carbonyl (C=O) groups is 1. The number of carbonyl (C=O) groups excluding carboxylic acids is 1. The maximum Gasteiger partial charge on any atom is 0.257 e. The number of nitrogens with one attached hydrogen (secondary N) is 1. The molecule has 0 fully saturated rings. The molecule has 3 aromatic rings. The van der Waals surface area contributed by atoms with Gasteiger partial charge in [0, 0.05) is 23.6 Å². The van der Waals surface area contributed by atoms with Gasteiger partial charge in [-0.25, -0.2) is 0 Å². The van der Waals surface area contributed by atoms with Crippen molar-refractivity contribution < 1.29 is 4.79 Å². The fraction of sp³-hybridized carbons (Fsp3) is 0.133. The summed E-state index contributed by atoms with van der Waals surface area (Å²) in [6.07, 6.45) is 4.70. The monoisotopic (exact) mass is 298 g/mol. The lowest BCUT2D eigenvalue weighted by Crippen LogP contribution is -2.12. The lowest BCUT2D eigenvalue weighted by molar-refractivity contribution is 0.102. The topological polar surface area (TPSA) is 59.8 Å². The molecular formula is C15H14N4OS. The highest BCUT2D eigenvalue weighted by atomic mass is 32.1. The first-order valence-corrected chi connectivity index (χ1v) is 7.45. The van der Waals surface area contributed by atoms with Crippen molar-refractivity contribution >= 4 is 22.4 Å². The Balaban J connectivity index is 1.80. The SMILES string of the molecule is CCc1nnc(NC(=O)c2cccc(-n3cccc3)c2)s1. The van der Waals surface area contributed by atoms with E-state index in [0.29, 0.717) is 10.7 Å². The van der Waals surface area contributed by atoms with Crippen molar-refractivity contribution in [3.8, 4) is 5.69 Å². The average molecular weight is 298 g/mol. The predicted molar refractivity (Wildman–Crippen MR) is 83.0 cm³/mol. The van der Waals surface area contributed by atoms with Crippen LogP contribution in [0, 0.1) is 0 Å². The number of amides is 1. The zero-order valence-electron chi connectivity index (χ0n) is 11.5. The van der Waals surface area contributed by atoms with Gasteiger partial charge in [0.2, 0.25) is 5.13 Å². The molecule has 1 N–H and O–H groups in total. The number of aryl methyl sites for hydroxylation is 1. The van der Waals surface area contributed by atoms with Crippen LogP contribution in [0.5, 0.6) is 0 Å². The van der Waals surface area contributed by atoms with Crippen LogP contribution in [-0.4, -0.2) is 20.7 Å². The minimum atomic E-state index is -0.178. The van der Waals surface area contributed by atoms with Gasteiger partial charge < -0.3 is 4.57 Å². The summed E-state index contributed by atoms with van der Waals surface area (Å²) in [6, 6.07) is 11.3. The lowest BCUT2D eigenvalue weighted by Gasteiger charge is -2.06. The molecule has 6 heteroatoms. The quantitative estimate of drug-likeness (QED) is 0.805. The molecule has 5 nitrogen and oxygen atoms in total. The van der Waals surface area contributed by atoms with Crippen molar-refractivity contribution in [2.75, 3.05) is 5.32 Å². The molecule has 0 atom stereocenters. The zero-order chi connectivity index (χ0) is 14.7. The number of hydrogen-bond acceptors (Lipinski definition) is 4. The molecule has 0 saturated heterocycles. The first kappa shape index (κ1) is 13.5. The van der Waals surface area contributed by atoms with E-state index in [-0.39, 0.29) is 5.91 Å². The molecule has 2 aromatic heterocycles. The second-order valence-corrected chi connectivity index (χ2v) is 5.51. The maximum atomic E-state index is 12.3. The molecule has 1 amide bonds. The van der Waals surface area contributed by atoms with Crippen LogP contribution in [0.3, 0.4) is 0 Å². The standard InChI is InChI=1S/C15H14N4OS/c1-2-13-17-18-15(21-13)16-14(20)11-6-5-7-12(10-11)19-8-3-4-9-19/h3-10H,2H2,1H3,(H,16,18,20). The number of rotatable bonds is 4. The van der Waals surface area contributed by atoms with Gasteiger partial charge >= 0.3 is 0 Å². The Morgan fingerprint density at radius 3 is 2.76 bits per heavy atom. The molecule has 0 aliphatic rings. The van der Waals surface area contributed by atoms with E-state index in [2.05, 4.69) is 15.5 Å². The summed E-state index contributed by atoms with van der Waals surface area (Å²) in [4.78, 5) is 12.3. The van der Waals surface area contributed by atoms with Gasteiger partial charge in [0.05, 0.1) is 0 Å². The van der Waals surface area contributed by atoms with Crippen LogP contribution in [0.2, 0.25) is 0 Å². The van der Waals surface area contributed by atoms with E-state index in [0.717, 1.165) is 17.1 Å². The van der Waals surface area contributed by atoms with E-state index >= 15 is 0 Å². The highest BCUT2D eigenvalue weighted by Crippen LogP contribution is 2.17. The first-order valence-electron chi connectivity index (χ1n) is 6.63. The molecule has 106 valence electrons. The van der Waals surface area contributed by atoms with Gasteiger partial charge in [-0.1, -0.05) is 24.3 Å². The normalized spacial score (nSPS) is 10.5. The minimum Gasteiger partial charge on any atom is -0.324 e. The number of hydrogen-bond donors (Lipinski definition) is 1. The Labute approximate surface area is 126 Å². The first-order chi connectivity index (χ1) is 10.3. The highest BCUT2D eigenvalue weighted by molar-refractivity contribution is 7.15. The molecule has 0 aliphatic heterocycles. The van der Waals surface area contributed by atoms with Crippen molar-refractivity contribution in [3.63, 3.8) is 0 Å². The zero-order valence-corrected chi connectivity index (χ0v) is 12.3. The summed E-state index contributed by atoms with van der Waals surface area (Å²) in [7, 11) is 0. The fourth-order valence-corrected chi connectivity index (χ4v) is 2.61. The van der Waals surface area contributed by atoms with E-state index in [1.54, 1.807) is 6.07 Å². The third kappa shape index (κ3) is 3.00. The van der Waals surface area contributed by atoms with Gasteiger partial charge in [0.25, 0.3) is 5.91 Å². The number of aromatic nitrogens is 3. The molecule has 0 aliphatic carbocycles. The van der Waals surface area contributed by atoms with Gasteiger partial charge in [-0.05, 0) is 36.8 Å². The van der Waals surface area contributed by atoms with E-state index in [1.165, 1.54) is 11.3 Å². The molecule has 0 unspecified atom stereocenters. The second kappa shape index (κ2) is 5.88. The van der Waals surface area contributed by atoms with Crippen LogP contribution in [0.1, 0.15) is 22.3 Å². The average Bonchev–Trinajstić information content (AvgIpc) is 3.18. The molecule has 0 saturated carbocycles. The van der Waals surface area contributed by atoms with Crippen molar-refractivity contribution in [3.05, 3.63) is 59.4 Å².